The standard InChI is InChI=1S/C18H25BrN4O4/c1-13-12-14(2-3-15(13)19)27-11-6-18(26)23-9-7-22(8-10-23)17(25)5-4-16(24)21-20/h2-3,12H,4-11,20H2,1H3,(H,21,24). The number of aryl methyl sites for hydroxylation is 1. The summed E-state index contributed by atoms with van der Waals surface area (Å²) >= 11 is 3.44. The topological polar surface area (TPSA) is 105 Å². The molecule has 9 heteroatoms. The van der Waals surface area contributed by atoms with Gasteiger partial charge in [-0.15, -0.1) is 0 Å². The maximum Gasteiger partial charge on any atom is 0.234 e. The third-order valence-corrected chi connectivity index (χ3v) is 5.32. The highest BCUT2D eigenvalue weighted by atomic mass is 79.9. The quantitative estimate of drug-likeness (QED) is 0.373. The number of carbonyl (C=O) groups is 3. The van der Waals surface area contributed by atoms with Gasteiger partial charge in [-0.3, -0.25) is 19.8 Å². The van der Waals surface area contributed by atoms with Crippen LogP contribution >= 0.6 is 15.9 Å². The number of hydrogen-bond acceptors (Lipinski definition) is 5. The second-order valence-electron chi connectivity index (χ2n) is 6.34. The Kier molecular flexibility index (Phi) is 8.05. The number of nitrogens with one attached hydrogen (secondary N) is 1. The van der Waals surface area contributed by atoms with Crippen molar-refractivity contribution in [3.05, 3.63) is 28.2 Å². The van der Waals surface area contributed by atoms with Crippen molar-refractivity contribution in [1.29, 1.82) is 0 Å². The van der Waals surface area contributed by atoms with E-state index in [1.54, 1.807) is 9.80 Å². The summed E-state index contributed by atoms with van der Waals surface area (Å²) in [6, 6.07) is 5.70. The van der Waals surface area contributed by atoms with E-state index in [1.165, 1.54) is 0 Å². The fourth-order valence-electron chi connectivity index (χ4n) is 2.78. The van der Waals surface area contributed by atoms with Gasteiger partial charge in [0.1, 0.15) is 5.75 Å². The predicted octanol–water partition coefficient (Wildman–Crippen LogP) is 0.967. The SMILES string of the molecule is Cc1cc(OCCC(=O)N2CCN(C(=O)CCC(=O)NN)CC2)ccc1Br. The highest BCUT2D eigenvalue weighted by Crippen LogP contribution is 2.21. The van der Waals surface area contributed by atoms with E-state index in [0.717, 1.165) is 15.8 Å². The molecule has 0 saturated carbocycles. The predicted molar refractivity (Wildman–Crippen MR) is 104 cm³/mol. The van der Waals surface area contributed by atoms with Crippen molar-refractivity contribution >= 4 is 33.7 Å². The molecule has 148 valence electrons. The minimum atomic E-state index is -0.363. The smallest absolute Gasteiger partial charge is 0.234 e. The summed E-state index contributed by atoms with van der Waals surface area (Å²) in [6.07, 6.45) is 0.485. The Morgan fingerprint density at radius 2 is 1.67 bits per heavy atom. The number of hydrogen-bond donors (Lipinski definition) is 2. The highest BCUT2D eigenvalue weighted by Gasteiger charge is 2.24. The minimum absolute atomic E-state index is 0.0124. The molecule has 0 aromatic heterocycles. The van der Waals surface area contributed by atoms with E-state index in [1.807, 2.05) is 30.5 Å². The molecule has 1 heterocycles. The number of amides is 3. The van der Waals surface area contributed by atoms with Crippen LogP contribution in [0.5, 0.6) is 5.75 Å². The third kappa shape index (κ3) is 6.51. The number of nitrogens with zero attached hydrogens (tertiary/aromatic N) is 2. The first-order chi connectivity index (χ1) is 12.9. The van der Waals surface area contributed by atoms with Gasteiger partial charge in [0.25, 0.3) is 0 Å². The maximum atomic E-state index is 12.3. The van der Waals surface area contributed by atoms with Crippen molar-refractivity contribution in [3.63, 3.8) is 0 Å². The number of halogens is 1. The molecule has 2 rings (SSSR count). The fourth-order valence-corrected chi connectivity index (χ4v) is 3.02. The molecular formula is C18H25BrN4O4. The van der Waals surface area contributed by atoms with E-state index < -0.39 is 0 Å². The molecule has 27 heavy (non-hydrogen) atoms. The lowest BCUT2D eigenvalue weighted by Gasteiger charge is -2.34. The van der Waals surface area contributed by atoms with Crippen molar-refractivity contribution in [2.45, 2.75) is 26.2 Å². The van der Waals surface area contributed by atoms with Gasteiger partial charge in [0, 0.05) is 43.5 Å². The van der Waals surface area contributed by atoms with Crippen molar-refractivity contribution in [3.8, 4) is 5.75 Å². The lowest BCUT2D eigenvalue weighted by molar-refractivity contribution is -0.140. The number of rotatable bonds is 7. The number of nitrogens with two attached hydrogens (primary N) is 1. The summed E-state index contributed by atoms with van der Waals surface area (Å²) in [7, 11) is 0. The lowest BCUT2D eigenvalue weighted by atomic mass is 10.2. The molecule has 0 aliphatic carbocycles. The first-order valence-electron chi connectivity index (χ1n) is 8.84. The van der Waals surface area contributed by atoms with E-state index in [0.29, 0.717) is 39.2 Å². The molecule has 0 bridgehead atoms. The van der Waals surface area contributed by atoms with Crippen LogP contribution in [-0.4, -0.2) is 60.3 Å². The molecule has 0 atom stereocenters. The van der Waals surface area contributed by atoms with Crippen molar-refractivity contribution in [1.82, 2.24) is 15.2 Å². The number of carbonyl (C=O) groups excluding carboxylic acids is 3. The molecule has 0 radical (unpaired) electrons. The largest absolute Gasteiger partial charge is 0.493 e. The zero-order chi connectivity index (χ0) is 19.8. The normalized spacial score (nSPS) is 14.0. The average Bonchev–Trinajstić information content (AvgIpc) is 2.68. The van der Waals surface area contributed by atoms with Gasteiger partial charge in [-0.05, 0) is 30.7 Å². The lowest BCUT2D eigenvalue weighted by Crippen LogP contribution is -2.50. The van der Waals surface area contributed by atoms with Crippen LogP contribution in [0.3, 0.4) is 0 Å². The van der Waals surface area contributed by atoms with Gasteiger partial charge in [-0.25, -0.2) is 5.84 Å². The molecule has 8 nitrogen and oxygen atoms in total. The fraction of sp³-hybridized carbons (Fsp3) is 0.500. The van der Waals surface area contributed by atoms with E-state index in [9.17, 15) is 14.4 Å². The molecule has 1 aliphatic rings. The van der Waals surface area contributed by atoms with E-state index in [4.69, 9.17) is 10.6 Å². The maximum absolute atomic E-state index is 12.3. The molecule has 0 unspecified atom stereocenters. The summed E-state index contributed by atoms with van der Waals surface area (Å²) in [5, 5.41) is 0. The Labute approximate surface area is 167 Å². The zero-order valence-electron chi connectivity index (χ0n) is 15.4. The monoisotopic (exact) mass is 440 g/mol. The van der Waals surface area contributed by atoms with Crippen LogP contribution in [0.4, 0.5) is 0 Å². The Bertz CT molecular complexity index is 690. The van der Waals surface area contributed by atoms with Crippen LogP contribution in [0, 0.1) is 6.92 Å². The van der Waals surface area contributed by atoms with Gasteiger partial charge in [0.05, 0.1) is 13.0 Å². The van der Waals surface area contributed by atoms with Crippen LogP contribution in [-0.2, 0) is 14.4 Å². The van der Waals surface area contributed by atoms with Crippen LogP contribution in [0.25, 0.3) is 0 Å². The van der Waals surface area contributed by atoms with Crippen LogP contribution in [0.2, 0.25) is 0 Å². The number of hydrazine groups is 1. The highest BCUT2D eigenvalue weighted by molar-refractivity contribution is 9.10. The van der Waals surface area contributed by atoms with Gasteiger partial charge in [0.2, 0.25) is 17.7 Å². The van der Waals surface area contributed by atoms with Gasteiger partial charge >= 0.3 is 0 Å². The number of benzene rings is 1. The first kappa shape index (κ1) is 21.2. The third-order valence-electron chi connectivity index (χ3n) is 4.43. The van der Waals surface area contributed by atoms with E-state index in [2.05, 4.69) is 15.9 Å². The molecule has 1 aliphatic heterocycles. The molecule has 3 amide bonds. The summed E-state index contributed by atoms with van der Waals surface area (Å²) in [5.41, 5.74) is 3.08. The van der Waals surface area contributed by atoms with Gasteiger partial charge in [-0.1, -0.05) is 15.9 Å². The van der Waals surface area contributed by atoms with Crippen molar-refractivity contribution in [2.75, 3.05) is 32.8 Å². The van der Waals surface area contributed by atoms with Crippen molar-refractivity contribution in [2.24, 2.45) is 5.84 Å². The molecule has 1 fully saturated rings. The Balaban J connectivity index is 1.69. The van der Waals surface area contributed by atoms with E-state index in [-0.39, 0.29) is 30.6 Å². The second-order valence-corrected chi connectivity index (χ2v) is 7.19. The Hall–Kier alpha value is -2.13. The van der Waals surface area contributed by atoms with Gasteiger partial charge < -0.3 is 14.5 Å². The van der Waals surface area contributed by atoms with E-state index >= 15 is 0 Å². The first-order valence-corrected chi connectivity index (χ1v) is 9.64. The average molecular weight is 441 g/mol. The summed E-state index contributed by atoms with van der Waals surface area (Å²) in [4.78, 5) is 38.9. The minimum Gasteiger partial charge on any atom is -0.493 e. The van der Waals surface area contributed by atoms with Crippen LogP contribution in [0.15, 0.2) is 22.7 Å². The second kappa shape index (κ2) is 10.3. The number of piperazine rings is 1. The molecule has 1 saturated heterocycles. The molecule has 3 N–H and O–H groups in total. The van der Waals surface area contributed by atoms with Crippen molar-refractivity contribution < 1.29 is 19.1 Å². The Morgan fingerprint density at radius 3 is 2.22 bits per heavy atom. The molecule has 1 aromatic carbocycles. The number of ether oxygens (including phenoxy) is 1. The van der Waals surface area contributed by atoms with Crippen LogP contribution < -0.4 is 16.0 Å². The molecule has 1 aromatic rings. The summed E-state index contributed by atoms with van der Waals surface area (Å²) in [6.45, 7) is 4.22. The van der Waals surface area contributed by atoms with Gasteiger partial charge in [0.15, 0.2) is 0 Å². The molecule has 0 spiro atoms. The zero-order valence-corrected chi connectivity index (χ0v) is 17.0. The summed E-state index contributed by atoms with van der Waals surface area (Å²) in [5.74, 6) is 5.29. The Morgan fingerprint density at radius 1 is 1.07 bits per heavy atom. The molecular weight excluding hydrogens is 416 g/mol. The van der Waals surface area contributed by atoms with Gasteiger partial charge in [-0.2, -0.15) is 0 Å². The summed E-state index contributed by atoms with van der Waals surface area (Å²) < 4.78 is 6.66. The van der Waals surface area contributed by atoms with Crippen LogP contribution in [0.1, 0.15) is 24.8 Å².